The van der Waals surface area contributed by atoms with Crippen LogP contribution in [-0.4, -0.2) is 24.3 Å². The zero-order valence-electron chi connectivity index (χ0n) is 12.6. The predicted molar refractivity (Wildman–Crippen MR) is 84.1 cm³/mol. The van der Waals surface area contributed by atoms with E-state index < -0.39 is 0 Å². The average molecular weight is 273 g/mol. The molecule has 2 atom stereocenters. The number of rotatable bonds is 3. The molecule has 20 heavy (non-hydrogen) atoms. The van der Waals surface area contributed by atoms with Crippen molar-refractivity contribution in [2.24, 2.45) is 11.8 Å². The molecule has 3 rings (SSSR count). The van der Waals surface area contributed by atoms with Gasteiger partial charge in [0, 0.05) is 18.8 Å². The highest BCUT2D eigenvalue weighted by atomic mass is 16.3. The van der Waals surface area contributed by atoms with Crippen LogP contribution in [-0.2, 0) is 6.42 Å². The highest BCUT2D eigenvalue weighted by Gasteiger charge is 2.27. The largest absolute Gasteiger partial charge is 0.391 e. The Labute approximate surface area is 122 Å². The average Bonchev–Trinajstić information content (AvgIpc) is 2.48. The zero-order chi connectivity index (χ0) is 13.9. The topological polar surface area (TPSA) is 23.5 Å². The normalized spacial score (nSPS) is 25.3. The van der Waals surface area contributed by atoms with E-state index in [-0.39, 0.29) is 6.10 Å². The second kappa shape index (κ2) is 6.17. The van der Waals surface area contributed by atoms with Crippen molar-refractivity contribution in [2.45, 2.75) is 51.6 Å². The summed E-state index contributed by atoms with van der Waals surface area (Å²) in [4.78, 5) is 2.42. The van der Waals surface area contributed by atoms with E-state index >= 15 is 0 Å². The number of aliphatic hydroxyl groups excluding tert-OH is 1. The molecule has 0 saturated heterocycles. The van der Waals surface area contributed by atoms with E-state index in [2.05, 4.69) is 36.1 Å². The minimum absolute atomic E-state index is 0.159. The molecule has 2 unspecified atom stereocenters. The maximum Gasteiger partial charge on any atom is 0.0743 e. The lowest BCUT2D eigenvalue weighted by molar-refractivity contribution is 0.0891. The third-order valence-corrected chi connectivity index (χ3v) is 5.03. The van der Waals surface area contributed by atoms with Gasteiger partial charge >= 0.3 is 0 Å². The summed E-state index contributed by atoms with van der Waals surface area (Å²) in [5.41, 5.74) is 2.79. The monoisotopic (exact) mass is 273 g/mol. The molecular formula is C18H27NO. The van der Waals surface area contributed by atoms with Gasteiger partial charge in [-0.1, -0.05) is 44.4 Å². The number of hydrogen-bond acceptors (Lipinski definition) is 2. The lowest BCUT2D eigenvalue weighted by Crippen LogP contribution is -2.42. The first kappa shape index (κ1) is 13.9. The van der Waals surface area contributed by atoms with E-state index in [0.29, 0.717) is 11.8 Å². The number of benzene rings is 1. The molecule has 110 valence electrons. The maximum atomic E-state index is 10.6. The van der Waals surface area contributed by atoms with E-state index in [0.717, 1.165) is 13.1 Å². The number of fused-ring (bicyclic) bond motifs is 1. The molecule has 0 aromatic heterocycles. The first-order valence-electron chi connectivity index (χ1n) is 8.25. The van der Waals surface area contributed by atoms with Crippen LogP contribution in [0.3, 0.4) is 0 Å². The zero-order valence-corrected chi connectivity index (χ0v) is 12.6. The van der Waals surface area contributed by atoms with E-state index in [1.807, 2.05) is 0 Å². The number of para-hydroxylation sites is 1. The molecule has 2 heteroatoms. The van der Waals surface area contributed by atoms with Crippen LogP contribution in [0, 0.1) is 11.8 Å². The fourth-order valence-electron chi connectivity index (χ4n) is 3.97. The van der Waals surface area contributed by atoms with Gasteiger partial charge < -0.3 is 10.0 Å². The molecule has 1 heterocycles. The second-order valence-electron chi connectivity index (χ2n) is 6.81. The van der Waals surface area contributed by atoms with Crippen molar-refractivity contribution in [3.63, 3.8) is 0 Å². The molecule has 1 aliphatic carbocycles. The molecule has 0 bridgehead atoms. The molecule has 2 aliphatic rings. The summed E-state index contributed by atoms with van der Waals surface area (Å²) in [6.45, 7) is 4.21. The lowest BCUT2D eigenvalue weighted by Gasteiger charge is -2.38. The van der Waals surface area contributed by atoms with Crippen molar-refractivity contribution in [3.8, 4) is 0 Å². The molecule has 0 spiro atoms. The molecule has 0 radical (unpaired) electrons. The van der Waals surface area contributed by atoms with Crippen LogP contribution >= 0.6 is 0 Å². The number of hydrogen-bond donors (Lipinski definition) is 1. The molecule has 1 aromatic carbocycles. The number of anilines is 1. The standard InChI is InChI=1S/C18H27NO/c1-14-11-16-9-5-6-10-17(16)19(12-14)13-18(20)15-7-3-2-4-8-15/h5-6,9-10,14-15,18,20H,2-4,7-8,11-13H2,1H3. The molecular weight excluding hydrogens is 246 g/mol. The quantitative estimate of drug-likeness (QED) is 0.909. The Morgan fingerprint density at radius 2 is 1.95 bits per heavy atom. The fraction of sp³-hybridized carbons (Fsp3) is 0.667. The van der Waals surface area contributed by atoms with Crippen LogP contribution in [0.25, 0.3) is 0 Å². The van der Waals surface area contributed by atoms with Crippen molar-refractivity contribution in [2.75, 3.05) is 18.0 Å². The Balaban J connectivity index is 1.70. The molecule has 1 aromatic rings. The minimum Gasteiger partial charge on any atom is -0.391 e. The van der Waals surface area contributed by atoms with Gasteiger partial charge in [-0.15, -0.1) is 0 Å². The van der Waals surface area contributed by atoms with Gasteiger partial charge in [0.2, 0.25) is 0 Å². The van der Waals surface area contributed by atoms with E-state index in [1.165, 1.54) is 49.8 Å². The van der Waals surface area contributed by atoms with Gasteiger partial charge in [-0.05, 0) is 42.7 Å². The van der Waals surface area contributed by atoms with Crippen LogP contribution in [0.4, 0.5) is 5.69 Å². The van der Waals surface area contributed by atoms with Gasteiger partial charge in [0.25, 0.3) is 0 Å². The highest BCUT2D eigenvalue weighted by molar-refractivity contribution is 5.55. The van der Waals surface area contributed by atoms with Crippen LogP contribution in [0.15, 0.2) is 24.3 Å². The fourth-order valence-corrected chi connectivity index (χ4v) is 3.97. The Morgan fingerprint density at radius 3 is 2.75 bits per heavy atom. The summed E-state index contributed by atoms with van der Waals surface area (Å²) in [6, 6.07) is 8.71. The minimum atomic E-state index is -0.159. The first-order valence-corrected chi connectivity index (χ1v) is 8.25. The number of nitrogens with zero attached hydrogens (tertiary/aromatic N) is 1. The van der Waals surface area contributed by atoms with Crippen molar-refractivity contribution in [3.05, 3.63) is 29.8 Å². The van der Waals surface area contributed by atoms with Crippen LogP contribution in [0.2, 0.25) is 0 Å². The van der Waals surface area contributed by atoms with Crippen molar-refractivity contribution in [1.82, 2.24) is 0 Å². The molecule has 1 aliphatic heterocycles. The highest BCUT2D eigenvalue weighted by Crippen LogP contribution is 2.32. The molecule has 2 nitrogen and oxygen atoms in total. The third-order valence-electron chi connectivity index (χ3n) is 5.03. The van der Waals surface area contributed by atoms with Gasteiger partial charge in [0.15, 0.2) is 0 Å². The first-order chi connectivity index (χ1) is 9.74. The SMILES string of the molecule is CC1Cc2ccccc2N(CC(O)C2CCCCC2)C1. The summed E-state index contributed by atoms with van der Waals surface area (Å²) in [5, 5.41) is 10.6. The van der Waals surface area contributed by atoms with E-state index in [1.54, 1.807) is 0 Å². The van der Waals surface area contributed by atoms with Crippen molar-refractivity contribution < 1.29 is 5.11 Å². The summed E-state index contributed by atoms with van der Waals surface area (Å²) in [7, 11) is 0. The Bertz CT molecular complexity index is 439. The summed E-state index contributed by atoms with van der Waals surface area (Å²) >= 11 is 0. The summed E-state index contributed by atoms with van der Waals surface area (Å²) in [6.07, 6.45) is 7.40. The number of β-amino-alcohol motifs (C(OH)–C–C–N with tert-alkyl or cyclic N) is 1. The lowest BCUT2D eigenvalue weighted by atomic mass is 9.84. The Kier molecular flexibility index (Phi) is 4.30. The van der Waals surface area contributed by atoms with Gasteiger partial charge in [0.05, 0.1) is 6.10 Å². The number of aliphatic hydroxyl groups is 1. The van der Waals surface area contributed by atoms with Gasteiger partial charge in [0.1, 0.15) is 0 Å². The van der Waals surface area contributed by atoms with Crippen LogP contribution in [0.1, 0.15) is 44.6 Å². The molecule has 0 amide bonds. The smallest absolute Gasteiger partial charge is 0.0743 e. The summed E-state index contributed by atoms with van der Waals surface area (Å²) < 4.78 is 0. The van der Waals surface area contributed by atoms with Crippen molar-refractivity contribution >= 4 is 5.69 Å². The second-order valence-corrected chi connectivity index (χ2v) is 6.81. The van der Waals surface area contributed by atoms with Crippen LogP contribution < -0.4 is 4.90 Å². The Hall–Kier alpha value is -1.02. The van der Waals surface area contributed by atoms with Gasteiger partial charge in [-0.25, -0.2) is 0 Å². The molecule has 1 N–H and O–H groups in total. The summed E-state index contributed by atoms with van der Waals surface area (Å²) in [5.74, 6) is 1.21. The maximum absolute atomic E-state index is 10.6. The predicted octanol–water partition coefficient (Wildman–Crippen LogP) is 3.63. The van der Waals surface area contributed by atoms with Crippen molar-refractivity contribution in [1.29, 1.82) is 0 Å². The molecule has 1 fully saturated rings. The van der Waals surface area contributed by atoms with Gasteiger partial charge in [-0.3, -0.25) is 0 Å². The third kappa shape index (κ3) is 3.01. The van der Waals surface area contributed by atoms with E-state index in [9.17, 15) is 5.11 Å². The molecule has 1 saturated carbocycles. The Morgan fingerprint density at radius 1 is 1.20 bits per heavy atom. The van der Waals surface area contributed by atoms with Gasteiger partial charge in [-0.2, -0.15) is 0 Å². The van der Waals surface area contributed by atoms with E-state index in [4.69, 9.17) is 0 Å². The van der Waals surface area contributed by atoms with Crippen LogP contribution in [0.5, 0.6) is 0 Å².